The Morgan fingerprint density at radius 3 is 1.80 bits per heavy atom. The van der Waals surface area contributed by atoms with Crippen molar-refractivity contribution in [1.82, 2.24) is 9.55 Å². The molecule has 2 heterocycles. The normalized spacial score (nSPS) is 11.4. The molecule has 7 rings (SSSR count). The maximum Gasteiger partial charge on any atom is 0.137 e. The van der Waals surface area contributed by atoms with E-state index in [0.29, 0.717) is 0 Å². The molecular weight excluding hydrogens is 424 g/mol. The van der Waals surface area contributed by atoms with Gasteiger partial charge < -0.3 is 0 Å². The van der Waals surface area contributed by atoms with E-state index in [4.69, 9.17) is 4.98 Å². The van der Waals surface area contributed by atoms with Gasteiger partial charge in [0, 0.05) is 17.0 Å². The van der Waals surface area contributed by atoms with Crippen molar-refractivity contribution in [2.75, 3.05) is 0 Å². The summed E-state index contributed by atoms with van der Waals surface area (Å²) in [6, 6.07) is 45.4. The van der Waals surface area contributed by atoms with Gasteiger partial charge in [-0.05, 0) is 75.5 Å². The van der Waals surface area contributed by atoms with Gasteiger partial charge in [0.05, 0.1) is 11.0 Å². The van der Waals surface area contributed by atoms with Crippen LogP contribution < -0.4 is 0 Å². The second-order valence-electron chi connectivity index (χ2n) is 8.92. The van der Waals surface area contributed by atoms with E-state index in [0.717, 1.165) is 11.3 Å². The molecule has 2 aromatic heterocycles. The molecule has 0 radical (unpaired) electrons. The van der Waals surface area contributed by atoms with Crippen LogP contribution in [-0.4, -0.2) is 9.55 Å². The molecule has 0 amide bonds. The molecule has 0 saturated heterocycles. The zero-order chi connectivity index (χ0) is 23.2. The molecular formula is C33H22N2. The summed E-state index contributed by atoms with van der Waals surface area (Å²) < 4.78 is 2.28. The summed E-state index contributed by atoms with van der Waals surface area (Å²) in [4.78, 5) is 4.70. The summed E-state index contributed by atoms with van der Waals surface area (Å²) in [7, 11) is 0. The van der Waals surface area contributed by atoms with Crippen LogP contribution in [-0.2, 0) is 0 Å². The Bertz CT molecular complexity index is 1820. The number of aromatic nitrogens is 2. The van der Waals surface area contributed by atoms with Crippen LogP contribution >= 0.6 is 0 Å². The highest BCUT2D eigenvalue weighted by Crippen LogP contribution is 2.37. The Balaban J connectivity index is 1.54. The Labute approximate surface area is 203 Å². The molecule has 5 aromatic carbocycles. The van der Waals surface area contributed by atoms with E-state index >= 15 is 0 Å². The topological polar surface area (TPSA) is 17.8 Å². The molecule has 0 spiro atoms. The van der Waals surface area contributed by atoms with Gasteiger partial charge in [0.1, 0.15) is 5.82 Å². The summed E-state index contributed by atoms with van der Waals surface area (Å²) in [5, 5.41) is 4.93. The first-order valence-corrected chi connectivity index (χ1v) is 11.9. The van der Waals surface area contributed by atoms with Gasteiger partial charge in [-0.1, -0.05) is 84.9 Å². The molecule has 0 fully saturated rings. The number of rotatable bonds is 3. The van der Waals surface area contributed by atoms with Crippen LogP contribution in [0.3, 0.4) is 0 Å². The number of fused-ring (bicyclic) bond motifs is 4. The quantitative estimate of drug-likeness (QED) is 0.265. The van der Waals surface area contributed by atoms with Gasteiger partial charge in [-0.2, -0.15) is 0 Å². The molecule has 0 aliphatic rings. The van der Waals surface area contributed by atoms with Crippen molar-refractivity contribution in [2.45, 2.75) is 0 Å². The minimum atomic E-state index is 0.931. The number of benzene rings is 5. The van der Waals surface area contributed by atoms with Gasteiger partial charge in [-0.3, -0.25) is 4.57 Å². The lowest BCUT2D eigenvalue weighted by Crippen LogP contribution is -1.96. The SMILES string of the molecule is c1ccc(-c2ccc3cc4c(cc3c2)c2cc(-c3ccccc3)ccc2n4-c2ccccn2)cc1. The lowest BCUT2D eigenvalue weighted by molar-refractivity contribution is 1.08. The molecule has 0 N–H and O–H groups in total. The Hall–Kier alpha value is -4.69. The number of nitrogens with zero attached hydrogens (tertiary/aromatic N) is 2. The zero-order valence-corrected chi connectivity index (χ0v) is 19.1. The van der Waals surface area contributed by atoms with Crippen LogP contribution in [0.25, 0.3) is 60.6 Å². The van der Waals surface area contributed by atoms with Crippen molar-refractivity contribution in [3.05, 3.63) is 134 Å². The fourth-order valence-electron chi connectivity index (χ4n) is 5.12. The maximum absolute atomic E-state index is 4.70. The molecule has 35 heavy (non-hydrogen) atoms. The highest BCUT2D eigenvalue weighted by atomic mass is 15.1. The summed E-state index contributed by atoms with van der Waals surface area (Å²) >= 11 is 0. The van der Waals surface area contributed by atoms with Gasteiger partial charge in [0.2, 0.25) is 0 Å². The largest absolute Gasteiger partial charge is 0.294 e. The first-order chi connectivity index (χ1) is 17.3. The standard InChI is InChI=1S/C33H22N2/c1-3-9-23(10-4-1)25-14-15-27-22-32-30(21-28(27)19-25)29-20-26(24-11-5-2-6-12-24)16-17-31(29)35(32)33-13-7-8-18-34-33/h1-22H. The van der Waals surface area contributed by atoms with Crippen molar-refractivity contribution in [2.24, 2.45) is 0 Å². The Morgan fingerprint density at radius 2 is 1.09 bits per heavy atom. The van der Waals surface area contributed by atoms with Crippen LogP contribution in [0.2, 0.25) is 0 Å². The molecule has 164 valence electrons. The molecule has 2 nitrogen and oxygen atoms in total. The molecule has 7 aromatic rings. The summed E-state index contributed by atoms with van der Waals surface area (Å²) in [6.45, 7) is 0. The van der Waals surface area contributed by atoms with Gasteiger partial charge >= 0.3 is 0 Å². The predicted molar refractivity (Wildman–Crippen MR) is 147 cm³/mol. The minimum Gasteiger partial charge on any atom is -0.294 e. The van der Waals surface area contributed by atoms with Crippen LogP contribution in [0.1, 0.15) is 0 Å². The van der Waals surface area contributed by atoms with E-state index in [1.165, 1.54) is 49.3 Å². The van der Waals surface area contributed by atoms with Crippen LogP contribution in [0, 0.1) is 0 Å². The maximum atomic E-state index is 4.70. The molecule has 0 aliphatic carbocycles. The van der Waals surface area contributed by atoms with Gasteiger partial charge in [-0.25, -0.2) is 4.98 Å². The average molecular weight is 447 g/mol. The van der Waals surface area contributed by atoms with Crippen molar-refractivity contribution in [3.63, 3.8) is 0 Å². The molecule has 0 atom stereocenters. The van der Waals surface area contributed by atoms with Gasteiger partial charge in [0.15, 0.2) is 0 Å². The zero-order valence-electron chi connectivity index (χ0n) is 19.1. The molecule has 0 aliphatic heterocycles. The molecule has 0 unspecified atom stereocenters. The van der Waals surface area contributed by atoms with E-state index in [1.807, 2.05) is 18.3 Å². The van der Waals surface area contributed by atoms with Crippen molar-refractivity contribution >= 4 is 32.6 Å². The van der Waals surface area contributed by atoms with Gasteiger partial charge in [-0.15, -0.1) is 0 Å². The lowest BCUT2D eigenvalue weighted by atomic mass is 9.99. The van der Waals surface area contributed by atoms with Crippen LogP contribution in [0.5, 0.6) is 0 Å². The molecule has 2 heteroatoms. The average Bonchev–Trinajstić information content (AvgIpc) is 3.25. The fourth-order valence-corrected chi connectivity index (χ4v) is 5.12. The third-order valence-corrected chi connectivity index (χ3v) is 6.82. The van der Waals surface area contributed by atoms with E-state index in [9.17, 15) is 0 Å². The van der Waals surface area contributed by atoms with Crippen molar-refractivity contribution < 1.29 is 0 Å². The molecule has 0 bridgehead atoms. The second kappa shape index (κ2) is 7.96. The highest BCUT2D eigenvalue weighted by molar-refractivity contribution is 6.14. The fraction of sp³-hybridized carbons (Fsp3) is 0. The van der Waals surface area contributed by atoms with Crippen molar-refractivity contribution in [1.29, 1.82) is 0 Å². The van der Waals surface area contributed by atoms with Crippen LogP contribution in [0.15, 0.2) is 134 Å². The highest BCUT2D eigenvalue weighted by Gasteiger charge is 2.15. The Morgan fingerprint density at radius 1 is 0.429 bits per heavy atom. The van der Waals surface area contributed by atoms with Crippen LogP contribution in [0.4, 0.5) is 0 Å². The van der Waals surface area contributed by atoms with E-state index in [1.54, 1.807) is 0 Å². The molecule has 0 saturated carbocycles. The summed E-state index contributed by atoms with van der Waals surface area (Å²) in [5.74, 6) is 0.931. The van der Waals surface area contributed by atoms with E-state index < -0.39 is 0 Å². The number of hydrogen-bond donors (Lipinski definition) is 0. The Kier molecular flexibility index (Phi) is 4.49. The number of pyridine rings is 1. The second-order valence-corrected chi connectivity index (χ2v) is 8.92. The third kappa shape index (κ3) is 3.31. The third-order valence-electron chi connectivity index (χ3n) is 6.82. The predicted octanol–water partition coefficient (Wildman–Crippen LogP) is 8.67. The van der Waals surface area contributed by atoms with Crippen molar-refractivity contribution in [3.8, 4) is 28.1 Å². The lowest BCUT2D eigenvalue weighted by Gasteiger charge is -2.08. The smallest absolute Gasteiger partial charge is 0.137 e. The summed E-state index contributed by atoms with van der Waals surface area (Å²) in [6.07, 6.45) is 1.86. The van der Waals surface area contributed by atoms with E-state index in [-0.39, 0.29) is 0 Å². The monoisotopic (exact) mass is 446 g/mol. The first-order valence-electron chi connectivity index (χ1n) is 11.9. The first kappa shape index (κ1) is 19.7. The minimum absolute atomic E-state index is 0.931. The number of hydrogen-bond acceptors (Lipinski definition) is 1. The summed E-state index contributed by atoms with van der Waals surface area (Å²) in [5.41, 5.74) is 7.24. The van der Waals surface area contributed by atoms with E-state index in [2.05, 4.69) is 120 Å². The van der Waals surface area contributed by atoms with Gasteiger partial charge in [0.25, 0.3) is 0 Å².